The topological polar surface area (TPSA) is 12.0 Å². The van der Waals surface area contributed by atoms with Crippen molar-refractivity contribution in [2.24, 2.45) is 23.7 Å². The van der Waals surface area contributed by atoms with E-state index in [1.165, 1.54) is 51.5 Å². The van der Waals surface area contributed by atoms with Gasteiger partial charge in [-0.05, 0) is 63.8 Å². The van der Waals surface area contributed by atoms with Crippen molar-refractivity contribution in [2.45, 2.75) is 92.0 Å². The van der Waals surface area contributed by atoms with Crippen molar-refractivity contribution in [3.8, 4) is 0 Å². The molecule has 1 nitrogen and oxygen atoms in total. The molecular weight excluding hydrogens is 242 g/mol. The van der Waals surface area contributed by atoms with E-state index < -0.39 is 0 Å². The molecule has 0 aliphatic heterocycles. The quantitative estimate of drug-likeness (QED) is 0.636. The maximum Gasteiger partial charge on any atom is 0.00966 e. The minimum Gasteiger partial charge on any atom is -0.312 e. The highest BCUT2D eigenvalue weighted by Crippen LogP contribution is 2.41. The van der Waals surface area contributed by atoms with E-state index in [2.05, 4.69) is 46.9 Å². The van der Waals surface area contributed by atoms with Crippen molar-refractivity contribution in [3.05, 3.63) is 0 Å². The van der Waals surface area contributed by atoms with Crippen LogP contribution >= 0.6 is 0 Å². The molecule has 4 atom stereocenters. The van der Waals surface area contributed by atoms with Crippen LogP contribution in [0.4, 0.5) is 0 Å². The van der Waals surface area contributed by atoms with E-state index >= 15 is 0 Å². The molecule has 1 N–H and O–H groups in total. The molecule has 4 unspecified atom stereocenters. The fourth-order valence-corrected chi connectivity index (χ4v) is 4.09. The van der Waals surface area contributed by atoms with Gasteiger partial charge in [-0.15, -0.1) is 0 Å². The van der Waals surface area contributed by atoms with Gasteiger partial charge in [-0.1, -0.05) is 52.9 Å². The van der Waals surface area contributed by atoms with Gasteiger partial charge in [0.05, 0.1) is 0 Å². The van der Waals surface area contributed by atoms with Crippen LogP contribution in [0.25, 0.3) is 0 Å². The summed E-state index contributed by atoms with van der Waals surface area (Å²) in [5.74, 6) is 3.78. The van der Waals surface area contributed by atoms with Crippen LogP contribution in [0, 0.1) is 23.7 Å². The van der Waals surface area contributed by atoms with Crippen LogP contribution < -0.4 is 5.32 Å². The average molecular weight is 282 g/mol. The summed E-state index contributed by atoms with van der Waals surface area (Å²) >= 11 is 0. The van der Waals surface area contributed by atoms with Crippen LogP contribution in [0.15, 0.2) is 0 Å². The van der Waals surface area contributed by atoms with E-state index in [0.717, 1.165) is 23.7 Å². The van der Waals surface area contributed by atoms with E-state index in [1.54, 1.807) is 0 Å². The van der Waals surface area contributed by atoms with Gasteiger partial charge >= 0.3 is 0 Å². The van der Waals surface area contributed by atoms with Gasteiger partial charge in [-0.2, -0.15) is 0 Å². The number of hydrogen-bond donors (Lipinski definition) is 1. The average Bonchev–Trinajstić information content (AvgIpc) is 2.37. The number of nitrogens with one attached hydrogen (secondary N) is 1. The van der Waals surface area contributed by atoms with Gasteiger partial charge in [0.15, 0.2) is 0 Å². The van der Waals surface area contributed by atoms with E-state index in [-0.39, 0.29) is 5.54 Å². The smallest absolute Gasteiger partial charge is 0.00966 e. The van der Waals surface area contributed by atoms with Crippen LogP contribution in [0.1, 0.15) is 86.5 Å². The largest absolute Gasteiger partial charge is 0.312 e. The first-order chi connectivity index (χ1) is 9.37. The van der Waals surface area contributed by atoms with Crippen molar-refractivity contribution in [3.63, 3.8) is 0 Å². The fourth-order valence-electron chi connectivity index (χ4n) is 4.09. The van der Waals surface area contributed by atoms with E-state index in [9.17, 15) is 0 Å². The third-order valence-corrected chi connectivity index (χ3v) is 5.22. The Kier molecular flexibility index (Phi) is 7.58. The molecule has 0 bridgehead atoms. The van der Waals surface area contributed by atoms with Gasteiger partial charge in [0.2, 0.25) is 0 Å². The van der Waals surface area contributed by atoms with Crippen molar-refractivity contribution in [2.75, 3.05) is 6.54 Å². The minimum atomic E-state index is 0.263. The maximum absolute atomic E-state index is 3.77. The van der Waals surface area contributed by atoms with E-state index in [1.807, 2.05) is 0 Å². The molecular formula is C19H39N. The second-order valence-electron chi connectivity index (χ2n) is 8.29. The van der Waals surface area contributed by atoms with Gasteiger partial charge in [-0.25, -0.2) is 0 Å². The highest BCUT2D eigenvalue weighted by Gasteiger charge is 2.33. The summed E-state index contributed by atoms with van der Waals surface area (Å²) in [6.45, 7) is 15.3. The van der Waals surface area contributed by atoms with Crippen LogP contribution in [0.3, 0.4) is 0 Å². The summed E-state index contributed by atoms with van der Waals surface area (Å²) in [6, 6.07) is 0. The third-order valence-electron chi connectivity index (χ3n) is 5.22. The lowest BCUT2D eigenvalue weighted by molar-refractivity contribution is 0.110. The Morgan fingerprint density at radius 2 is 1.80 bits per heavy atom. The zero-order chi connectivity index (χ0) is 15.2. The van der Waals surface area contributed by atoms with Crippen molar-refractivity contribution in [1.29, 1.82) is 0 Å². The Labute approximate surface area is 128 Å². The summed E-state index contributed by atoms with van der Waals surface area (Å²) < 4.78 is 0. The molecule has 1 aliphatic rings. The number of hydrogen-bond acceptors (Lipinski definition) is 1. The normalized spacial score (nSPS) is 29.4. The lowest BCUT2D eigenvalue weighted by atomic mass is 9.67. The maximum atomic E-state index is 3.77. The van der Waals surface area contributed by atoms with Gasteiger partial charge in [0.1, 0.15) is 0 Å². The molecule has 120 valence electrons. The third kappa shape index (κ3) is 6.16. The Morgan fingerprint density at radius 1 is 1.10 bits per heavy atom. The van der Waals surface area contributed by atoms with Crippen LogP contribution in [0.5, 0.6) is 0 Å². The molecule has 0 aromatic rings. The Morgan fingerprint density at radius 3 is 2.35 bits per heavy atom. The van der Waals surface area contributed by atoms with Gasteiger partial charge in [0, 0.05) is 5.54 Å². The summed E-state index contributed by atoms with van der Waals surface area (Å²) in [5, 5.41) is 3.77. The molecule has 0 spiro atoms. The summed E-state index contributed by atoms with van der Waals surface area (Å²) in [5.41, 5.74) is 0.263. The summed E-state index contributed by atoms with van der Waals surface area (Å²) in [6.07, 6.45) is 9.99. The van der Waals surface area contributed by atoms with Crippen LogP contribution in [-0.4, -0.2) is 12.1 Å². The molecule has 1 saturated carbocycles. The number of rotatable bonds is 7. The molecule has 0 heterocycles. The molecule has 1 aliphatic carbocycles. The SMILES string of the molecule is CCCC1CCC(CNC(C)(C)C)C(C(C)CCC)C1. The first-order valence-electron chi connectivity index (χ1n) is 9.12. The Bertz CT molecular complexity index is 253. The zero-order valence-electron chi connectivity index (χ0n) is 15.0. The molecule has 0 aromatic heterocycles. The predicted octanol–water partition coefficient (Wildman–Crippen LogP) is 5.64. The molecule has 20 heavy (non-hydrogen) atoms. The summed E-state index contributed by atoms with van der Waals surface area (Å²) in [7, 11) is 0. The fraction of sp³-hybridized carbons (Fsp3) is 1.00. The zero-order valence-corrected chi connectivity index (χ0v) is 15.0. The van der Waals surface area contributed by atoms with E-state index in [4.69, 9.17) is 0 Å². The van der Waals surface area contributed by atoms with Crippen LogP contribution in [-0.2, 0) is 0 Å². The highest BCUT2D eigenvalue weighted by molar-refractivity contribution is 4.86. The second kappa shape index (κ2) is 8.41. The minimum absolute atomic E-state index is 0.263. The van der Waals surface area contributed by atoms with Crippen molar-refractivity contribution >= 4 is 0 Å². The molecule has 0 saturated heterocycles. The van der Waals surface area contributed by atoms with Gasteiger partial charge < -0.3 is 5.32 Å². The Hall–Kier alpha value is -0.0400. The lowest BCUT2D eigenvalue weighted by Crippen LogP contribution is -2.43. The Balaban J connectivity index is 2.60. The standard InChI is InChI=1S/C19H39N/c1-7-9-15(3)18-13-16(10-8-2)11-12-17(18)14-20-19(4,5)6/h15-18,20H,7-14H2,1-6H3. The van der Waals surface area contributed by atoms with E-state index in [0.29, 0.717) is 0 Å². The molecule has 0 radical (unpaired) electrons. The molecule has 1 fully saturated rings. The second-order valence-corrected chi connectivity index (χ2v) is 8.29. The molecule has 0 amide bonds. The highest BCUT2D eigenvalue weighted by atomic mass is 14.9. The van der Waals surface area contributed by atoms with Crippen molar-refractivity contribution < 1.29 is 0 Å². The van der Waals surface area contributed by atoms with Crippen molar-refractivity contribution in [1.82, 2.24) is 5.32 Å². The lowest BCUT2D eigenvalue weighted by Gasteiger charge is -2.41. The predicted molar refractivity (Wildman–Crippen MR) is 91.1 cm³/mol. The van der Waals surface area contributed by atoms with Gasteiger partial charge in [-0.3, -0.25) is 0 Å². The first kappa shape index (κ1) is 18.0. The molecule has 1 rings (SSSR count). The molecule has 0 aromatic carbocycles. The monoisotopic (exact) mass is 281 g/mol. The van der Waals surface area contributed by atoms with Crippen LogP contribution in [0.2, 0.25) is 0 Å². The first-order valence-corrected chi connectivity index (χ1v) is 9.12. The molecule has 1 heteroatoms. The summed E-state index contributed by atoms with van der Waals surface area (Å²) in [4.78, 5) is 0. The van der Waals surface area contributed by atoms with Gasteiger partial charge in [0.25, 0.3) is 0 Å².